The molecule has 0 atom stereocenters. The normalized spacial score (nSPS) is 8.00. The molecule has 0 bridgehead atoms. The third-order valence-electron chi connectivity index (χ3n) is 0.659. The monoisotopic (exact) mass is 115 g/mol. The number of nitrogens with zero attached hydrogens (tertiary/aromatic N) is 1. The van der Waals surface area contributed by atoms with Crippen LogP contribution >= 0.6 is 0 Å². The average molecular weight is 115 g/mol. The van der Waals surface area contributed by atoms with E-state index < -0.39 is 0 Å². The van der Waals surface area contributed by atoms with Gasteiger partial charge in [0.15, 0.2) is 0 Å². The highest BCUT2D eigenvalue weighted by Gasteiger charge is 1.82. The lowest BCUT2D eigenvalue weighted by Gasteiger charge is -1.93. The zero-order valence-electron chi connectivity index (χ0n) is 4.89. The van der Waals surface area contributed by atoms with Crippen molar-refractivity contribution in [1.82, 2.24) is 0 Å². The number of methoxy groups -OCH3 is 1. The Morgan fingerprint density at radius 3 is 2.75 bits per heavy atom. The second-order valence-electron chi connectivity index (χ2n) is 1.29. The molecular weight excluding hydrogens is 106 g/mol. The van der Waals surface area contributed by atoms with Gasteiger partial charge in [0.1, 0.15) is 6.61 Å². The predicted octanol–water partition coefficient (Wildman–Crippen LogP) is 0.521. The molecular formula is C5H9NO2. The van der Waals surface area contributed by atoms with Gasteiger partial charge in [-0.25, -0.2) is 0 Å². The third kappa shape index (κ3) is 5.25. The Morgan fingerprint density at radius 2 is 2.25 bits per heavy atom. The molecule has 0 saturated carbocycles. The van der Waals surface area contributed by atoms with E-state index in [-0.39, 0.29) is 0 Å². The Hall–Kier alpha value is -0.750. The van der Waals surface area contributed by atoms with Crippen molar-refractivity contribution in [2.45, 2.75) is 6.42 Å². The Morgan fingerprint density at radius 1 is 1.50 bits per heavy atom. The van der Waals surface area contributed by atoms with Gasteiger partial charge in [-0.15, -0.1) is 0 Å². The van der Waals surface area contributed by atoms with Crippen LogP contribution in [0.5, 0.6) is 0 Å². The van der Waals surface area contributed by atoms with E-state index >= 15 is 0 Å². The van der Waals surface area contributed by atoms with E-state index in [1.165, 1.54) is 0 Å². The number of nitriles is 1. The van der Waals surface area contributed by atoms with Gasteiger partial charge in [0.2, 0.25) is 0 Å². The zero-order chi connectivity index (χ0) is 6.24. The molecule has 0 fully saturated rings. The smallest absolute Gasteiger partial charge is 0.286 e. The minimum atomic E-state index is 0.463. The lowest BCUT2D eigenvalue weighted by molar-refractivity contribution is 0.162. The topological polar surface area (TPSA) is 42.2 Å². The maximum Gasteiger partial charge on any atom is 0.286 e. The molecule has 3 nitrogen and oxygen atoms in total. The first-order chi connectivity index (χ1) is 3.91. The summed E-state index contributed by atoms with van der Waals surface area (Å²) in [7, 11) is 1.62. The summed E-state index contributed by atoms with van der Waals surface area (Å²) >= 11 is 0. The zero-order valence-corrected chi connectivity index (χ0v) is 4.89. The van der Waals surface area contributed by atoms with Gasteiger partial charge < -0.3 is 9.47 Å². The maximum absolute atomic E-state index is 7.85. The molecule has 8 heavy (non-hydrogen) atoms. The van der Waals surface area contributed by atoms with Crippen LogP contribution in [0, 0.1) is 11.5 Å². The standard InChI is InChI=1S/C5H9NO2/c1-7-3-2-4-8-5-6/h2-4H2,1H3. The van der Waals surface area contributed by atoms with Gasteiger partial charge in [-0.2, -0.15) is 5.26 Å². The van der Waals surface area contributed by atoms with E-state index in [1.54, 1.807) is 13.4 Å². The van der Waals surface area contributed by atoms with Crippen molar-refractivity contribution >= 4 is 0 Å². The van der Waals surface area contributed by atoms with Gasteiger partial charge in [-0.3, -0.25) is 0 Å². The van der Waals surface area contributed by atoms with Crippen molar-refractivity contribution in [2.24, 2.45) is 0 Å². The molecule has 0 N–H and O–H groups in total. The van der Waals surface area contributed by atoms with E-state index in [0.717, 1.165) is 6.42 Å². The molecule has 0 aromatic heterocycles. The van der Waals surface area contributed by atoms with Crippen molar-refractivity contribution < 1.29 is 9.47 Å². The van der Waals surface area contributed by atoms with Gasteiger partial charge in [-0.1, -0.05) is 0 Å². The molecule has 0 heterocycles. The van der Waals surface area contributed by atoms with Gasteiger partial charge >= 0.3 is 0 Å². The quantitative estimate of drug-likeness (QED) is 0.396. The molecule has 0 aliphatic heterocycles. The van der Waals surface area contributed by atoms with Crippen molar-refractivity contribution in [1.29, 1.82) is 5.26 Å². The van der Waals surface area contributed by atoms with Gasteiger partial charge in [0.25, 0.3) is 6.26 Å². The fourth-order valence-corrected chi connectivity index (χ4v) is 0.321. The second kappa shape index (κ2) is 6.25. The van der Waals surface area contributed by atoms with Crippen molar-refractivity contribution in [3.63, 3.8) is 0 Å². The highest BCUT2D eigenvalue weighted by molar-refractivity contribution is 4.46. The van der Waals surface area contributed by atoms with E-state index in [2.05, 4.69) is 4.74 Å². The summed E-state index contributed by atoms with van der Waals surface area (Å²) in [5, 5.41) is 7.85. The number of ether oxygens (including phenoxy) is 2. The maximum atomic E-state index is 7.85. The molecule has 46 valence electrons. The van der Waals surface area contributed by atoms with Gasteiger partial charge in [0, 0.05) is 20.1 Å². The molecule has 0 aromatic carbocycles. The first-order valence-corrected chi connectivity index (χ1v) is 2.41. The van der Waals surface area contributed by atoms with Gasteiger partial charge in [0.05, 0.1) is 0 Å². The molecule has 0 aromatic rings. The molecule has 0 aliphatic carbocycles. The minimum absolute atomic E-state index is 0.463. The van der Waals surface area contributed by atoms with Crippen molar-refractivity contribution in [3.05, 3.63) is 0 Å². The molecule has 0 saturated heterocycles. The van der Waals surface area contributed by atoms with Crippen LogP contribution < -0.4 is 0 Å². The predicted molar refractivity (Wildman–Crippen MR) is 28.1 cm³/mol. The number of hydrogen-bond donors (Lipinski definition) is 0. The molecule has 3 heteroatoms. The lowest BCUT2D eigenvalue weighted by atomic mass is 10.5. The molecule has 0 rings (SSSR count). The third-order valence-corrected chi connectivity index (χ3v) is 0.659. The van der Waals surface area contributed by atoms with Crippen molar-refractivity contribution in [2.75, 3.05) is 20.3 Å². The van der Waals surface area contributed by atoms with Crippen LogP contribution in [0.25, 0.3) is 0 Å². The number of rotatable bonds is 4. The van der Waals surface area contributed by atoms with Crippen LogP contribution in [0.15, 0.2) is 0 Å². The summed E-state index contributed by atoms with van der Waals surface area (Å²) in [5.74, 6) is 0. The summed E-state index contributed by atoms with van der Waals surface area (Å²) < 4.78 is 9.06. The van der Waals surface area contributed by atoms with Crippen molar-refractivity contribution in [3.8, 4) is 6.26 Å². The number of hydrogen-bond acceptors (Lipinski definition) is 3. The van der Waals surface area contributed by atoms with Crippen LogP contribution in [0.4, 0.5) is 0 Å². The van der Waals surface area contributed by atoms with Gasteiger partial charge in [-0.05, 0) is 0 Å². The summed E-state index contributed by atoms with van der Waals surface area (Å²) in [6.07, 6.45) is 2.35. The first kappa shape index (κ1) is 7.25. The van der Waals surface area contributed by atoms with Crippen LogP contribution in [-0.4, -0.2) is 20.3 Å². The van der Waals surface area contributed by atoms with E-state index in [4.69, 9.17) is 10.00 Å². The van der Waals surface area contributed by atoms with E-state index in [1.807, 2.05) is 0 Å². The Bertz CT molecular complexity index is 77.0. The fourth-order valence-electron chi connectivity index (χ4n) is 0.321. The molecule has 0 radical (unpaired) electrons. The summed E-state index contributed by atoms with van der Waals surface area (Å²) in [6.45, 7) is 1.12. The van der Waals surface area contributed by atoms with E-state index in [9.17, 15) is 0 Å². The van der Waals surface area contributed by atoms with Crippen LogP contribution in [0.2, 0.25) is 0 Å². The minimum Gasteiger partial charge on any atom is -0.427 e. The Labute approximate surface area is 48.8 Å². The SMILES string of the molecule is COCCCOC#N. The van der Waals surface area contributed by atoms with E-state index in [0.29, 0.717) is 13.2 Å². The Balaban J connectivity index is 2.65. The van der Waals surface area contributed by atoms with Crippen LogP contribution in [-0.2, 0) is 9.47 Å². The molecule has 0 aliphatic rings. The Kier molecular flexibility index (Phi) is 5.66. The first-order valence-electron chi connectivity index (χ1n) is 2.41. The lowest BCUT2D eigenvalue weighted by Crippen LogP contribution is -1.94. The highest BCUT2D eigenvalue weighted by Crippen LogP contribution is 1.79. The van der Waals surface area contributed by atoms with Crippen LogP contribution in [0.3, 0.4) is 0 Å². The van der Waals surface area contributed by atoms with Crippen LogP contribution in [0.1, 0.15) is 6.42 Å². The average Bonchev–Trinajstić information content (AvgIpc) is 1.81. The second-order valence-corrected chi connectivity index (χ2v) is 1.29. The summed E-state index contributed by atoms with van der Waals surface area (Å²) in [4.78, 5) is 0. The molecule has 0 spiro atoms. The molecule has 0 amide bonds. The summed E-state index contributed by atoms with van der Waals surface area (Å²) in [5.41, 5.74) is 0. The summed E-state index contributed by atoms with van der Waals surface area (Å²) in [6, 6.07) is 0. The largest absolute Gasteiger partial charge is 0.427 e. The fraction of sp³-hybridized carbons (Fsp3) is 0.800. The molecule has 0 unspecified atom stereocenters. The highest BCUT2D eigenvalue weighted by atomic mass is 16.5.